The molecule has 1 unspecified atom stereocenters. The Kier molecular flexibility index (Phi) is 3.47. The van der Waals surface area contributed by atoms with Crippen molar-refractivity contribution in [2.24, 2.45) is 11.7 Å². The molecule has 2 bridgehead atoms. The maximum absolute atomic E-state index is 11.5. The molecule has 1 amide bonds. The summed E-state index contributed by atoms with van der Waals surface area (Å²) < 4.78 is 12.5. The van der Waals surface area contributed by atoms with Gasteiger partial charge in [0.1, 0.15) is 18.0 Å². The van der Waals surface area contributed by atoms with Crippen molar-refractivity contribution >= 4 is 21.8 Å². The second-order valence-electron chi connectivity index (χ2n) is 4.88. The summed E-state index contributed by atoms with van der Waals surface area (Å²) in [6, 6.07) is 5.29. The molecule has 0 saturated carbocycles. The molecule has 2 heterocycles. The Labute approximate surface area is 119 Å². The van der Waals surface area contributed by atoms with Crippen LogP contribution in [0.1, 0.15) is 10.4 Å². The van der Waals surface area contributed by atoms with Crippen molar-refractivity contribution in [1.82, 2.24) is 5.32 Å². The fourth-order valence-electron chi connectivity index (χ4n) is 2.62. The molecule has 0 spiro atoms. The van der Waals surface area contributed by atoms with E-state index in [1.807, 2.05) is 6.07 Å². The van der Waals surface area contributed by atoms with Gasteiger partial charge in [-0.2, -0.15) is 0 Å². The summed E-state index contributed by atoms with van der Waals surface area (Å²) in [5, 5.41) is 3.30. The first-order chi connectivity index (χ1) is 9.15. The fraction of sp³-hybridized carbons (Fsp3) is 0.462. The highest BCUT2D eigenvalue weighted by atomic mass is 79.9. The average Bonchev–Trinajstić information content (AvgIpc) is 2.62. The van der Waals surface area contributed by atoms with Crippen molar-refractivity contribution in [3.63, 3.8) is 0 Å². The molecule has 3 atom stereocenters. The quantitative estimate of drug-likeness (QED) is 0.866. The first-order valence-electron chi connectivity index (χ1n) is 6.23. The first-order valence-corrected chi connectivity index (χ1v) is 7.03. The molecule has 2 fully saturated rings. The molecule has 2 aliphatic rings. The molecule has 2 saturated heterocycles. The van der Waals surface area contributed by atoms with Crippen LogP contribution in [0.25, 0.3) is 0 Å². The molecular weight excluding hydrogens is 312 g/mol. The van der Waals surface area contributed by atoms with Gasteiger partial charge in [-0.1, -0.05) is 15.9 Å². The Morgan fingerprint density at radius 3 is 3.05 bits per heavy atom. The summed E-state index contributed by atoms with van der Waals surface area (Å²) in [5.41, 5.74) is 5.79. The lowest BCUT2D eigenvalue weighted by Gasteiger charge is -2.29. The summed E-state index contributed by atoms with van der Waals surface area (Å²) in [4.78, 5) is 11.5. The number of piperidine rings is 1. The van der Waals surface area contributed by atoms with Crippen LogP contribution in [-0.2, 0) is 4.74 Å². The predicted octanol–water partition coefficient (Wildman–Crippen LogP) is 0.914. The smallest absolute Gasteiger partial charge is 0.252 e. The van der Waals surface area contributed by atoms with E-state index in [9.17, 15) is 4.79 Å². The molecule has 0 aliphatic carbocycles. The minimum Gasteiger partial charge on any atom is -0.486 e. The molecule has 3 N–H and O–H groups in total. The number of fused-ring (bicyclic) bond motifs is 2. The van der Waals surface area contributed by atoms with Crippen LogP contribution in [0.3, 0.4) is 0 Å². The zero-order chi connectivity index (χ0) is 13.4. The molecular formula is C13H15BrN2O3. The third-order valence-electron chi connectivity index (χ3n) is 3.58. The zero-order valence-corrected chi connectivity index (χ0v) is 11.9. The fourth-order valence-corrected chi connectivity index (χ4v) is 2.98. The molecule has 19 heavy (non-hydrogen) atoms. The molecule has 5 nitrogen and oxygen atoms in total. The number of benzene rings is 1. The van der Waals surface area contributed by atoms with Crippen molar-refractivity contribution in [1.29, 1.82) is 0 Å². The van der Waals surface area contributed by atoms with Gasteiger partial charge in [0.15, 0.2) is 0 Å². The first kappa shape index (κ1) is 12.9. The van der Waals surface area contributed by atoms with Crippen LogP contribution in [0, 0.1) is 5.92 Å². The van der Waals surface area contributed by atoms with Gasteiger partial charge in [0.2, 0.25) is 0 Å². The standard InChI is InChI=1S/C13H15BrN2O3/c14-8-1-2-10(9(3-8)13(15)17)19-12-7-4-16-5-11(12)18-6-7/h1-3,7,11-12,16H,4-6H2,(H2,15,17)/t7-,11+,12?/m0/s1. The summed E-state index contributed by atoms with van der Waals surface area (Å²) in [7, 11) is 0. The Morgan fingerprint density at radius 1 is 1.47 bits per heavy atom. The van der Waals surface area contributed by atoms with Gasteiger partial charge >= 0.3 is 0 Å². The van der Waals surface area contributed by atoms with Gasteiger partial charge in [-0.05, 0) is 18.2 Å². The van der Waals surface area contributed by atoms with Gasteiger partial charge in [0.25, 0.3) is 5.91 Å². The number of hydrogen-bond acceptors (Lipinski definition) is 4. The number of nitrogens with one attached hydrogen (secondary N) is 1. The maximum atomic E-state index is 11.5. The molecule has 6 heteroatoms. The maximum Gasteiger partial charge on any atom is 0.252 e. The number of rotatable bonds is 3. The molecule has 0 aromatic heterocycles. The molecule has 3 rings (SSSR count). The highest BCUT2D eigenvalue weighted by molar-refractivity contribution is 9.10. The van der Waals surface area contributed by atoms with Crippen LogP contribution in [0.2, 0.25) is 0 Å². The lowest BCUT2D eigenvalue weighted by molar-refractivity contribution is 0.0435. The monoisotopic (exact) mass is 326 g/mol. The molecule has 2 aliphatic heterocycles. The number of amides is 1. The second kappa shape index (κ2) is 5.11. The van der Waals surface area contributed by atoms with Gasteiger partial charge < -0.3 is 20.5 Å². The van der Waals surface area contributed by atoms with E-state index in [1.165, 1.54) is 0 Å². The SMILES string of the molecule is NC(=O)c1cc(Br)ccc1OC1[C@H]2CNC[C@H]1OC2. The predicted molar refractivity (Wildman–Crippen MR) is 73.2 cm³/mol. The van der Waals surface area contributed by atoms with Crippen LogP contribution in [0.4, 0.5) is 0 Å². The topological polar surface area (TPSA) is 73.6 Å². The number of carbonyl (C=O) groups is 1. The largest absolute Gasteiger partial charge is 0.486 e. The molecule has 0 radical (unpaired) electrons. The van der Waals surface area contributed by atoms with Crippen LogP contribution in [0.15, 0.2) is 22.7 Å². The number of ether oxygens (including phenoxy) is 2. The highest BCUT2D eigenvalue weighted by Gasteiger charge is 2.42. The normalized spacial score (nSPS) is 29.2. The zero-order valence-electron chi connectivity index (χ0n) is 10.3. The number of primary amides is 1. The second-order valence-corrected chi connectivity index (χ2v) is 5.79. The number of nitrogens with two attached hydrogens (primary N) is 1. The Balaban J connectivity index is 1.85. The third-order valence-corrected chi connectivity index (χ3v) is 4.07. The lowest BCUT2D eigenvalue weighted by atomic mass is 9.98. The molecule has 1 aromatic carbocycles. The molecule has 102 valence electrons. The van der Waals surface area contributed by atoms with Crippen molar-refractivity contribution < 1.29 is 14.3 Å². The van der Waals surface area contributed by atoms with E-state index >= 15 is 0 Å². The van der Waals surface area contributed by atoms with Crippen LogP contribution in [-0.4, -0.2) is 37.8 Å². The number of halogens is 1. The van der Waals surface area contributed by atoms with E-state index in [-0.39, 0.29) is 12.2 Å². The van der Waals surface area contributed by atoms with Crippen molar-refractivity contribution in [2.75, 3.05) is 19.7 Å². The summed E-state index contributed by atoms with van der Waals surface area (Å²) in [6.45, 7) is 2.36. The summed E-state index contributed by atoms with van der Waals surface area (Å²) >= 11 is 3.33. The van der Waals surface area contributed by atoms with Crippen LogP contribution < -0.4 is 15.8 Å². The van der Waals surface area contributed by atoms with Crippen molar-refractivity contribution in [3.8, 4) is 5.75 Å². The van der Waals surface area contributed by atoms with E-state index < -0.39 is 5.91 Å². The van der Waals surface area contributed by atoms with E-state index in [4.69, 9.17) is 15.2 Å². The van der Waals surface area contributed by atoms with Gasteiger partial charge in [-0.25, -0.2) is 0 Å². The summed E-state index contributed by atoms with van der Waals surface area (Å²) in [5.74, 6) is 0.365. The highest BCUT2D eigenvalue weighted by Crippen LogP contribution is 2.31. The number of hydrogen-bond donors (Lipinski definition) is 2. The van der Waals surface area contributed by atoms with Gasteiger partial charge in [-0.3, -0.25) is 4.79 Å². The van der Waals surface area contributed by atoms with Crippen LogP contribution >= 0.6 is 15.9 Å². The lowest BCUT2D eigenvalue weighted by Crippen LogP contribution is -2.48. The van der Waals surface area contributed by atoms with E-state index in [0.29, 0.717) is 23.8 Å². The van der Waals surface area contributed by atoms with E-state index in [2.05, 4.69) is 21.2 Å². The van der Waals surface area contributed by atoms with Crippen LogP contribution in [0.5, 0.6) is 5.75 Å². The van der Waals surface area contributed by atoms with Gasteiger partial charge in [0.05, 0.1) is 12.2 Å². The Morgan fingerprint density at radius 2 is 2.32 bits per heavy atom. The Hall–Kier alpha value is -1.11. The van der Waals surface area contributed by atoms with E-state index in [1.54, 1.807) is 12.1 Å². The Bertz CT molecular complexity index is 493. The molecule has 1 aromatic rings. The van der Waals surface area contributed by atoms with E-state index in [0.717, 1.165) is 17.6 Å². The minimum atomic E-state index is -0.488. The van der Waals surface area contributed by atoms with Crippen molar-refractivity contribution in [3.05, 3.63) is 28.2 Å². The average molecular weight is 327 g/mol. The van der Waals surface area contributed by atoms with Gasteiger partial charge in [-0.15, -0.1) is 0 Å². The minimum absolute atomic E-state index is 0.0134. The van der Waals surface area contributed by atoms with Gasteiger partial charge in [0, 0.05) is 23.5 Å². The third kappa shape index (κ3) is 2.48. The van der Waals surface area contributed by atoms with Crippen molar-refractivity contribution in [2.45, 2.75) is 12.2 Å². The summed E-state index contributed by atoms with van der Waals surface area (Å²) in [6.07, 6.45) is 0.0312. The number of carbonyl (C=O) groups excluding carboxylic acids is 1.